The molecule has 0 fully saturated rings. The fourth-order valence-corrected chi connectivity index (χ4v) is 2.00. The zero-order valence-electron chi connectivity index (χ0n) is 9.31. The number of rotatable bonds is 3. The number of pyridine rings is 1. The Morgan fingerprint density at radius 2 is 1.88 bits per heavy atom. The highest BCUT2D eigenvalue weighted by Crippen LogP contribution is 2.28. The molecule has 1 heterocycles. The second-order valence-electron chi connectivity index (χ2n) is 3.82. The molecule has 86 valence electrons. The molecule has 1 aromatic carbocycles. The first-order valence-electron chi connectivity index (χ1n) is 5.26. The molecule has 2 aromatic rings. The highest BCUT2D eigenvalue weighted by Gasteiger charge is 2.25. The molecule has 0 amide bonds. The van der Waals surface area contributed by atoms with E-state index in [4.69, 9.17) is 5.73 Å². The van der Waals surface area contributed by atoms with E-state index in [0.717, 1.165) is 15.6 Å². The van der Waals surface area contributed by atoms with Crippen LogP contribution >= 0.6 is 15.9 Å². The molecule has 0 aliphatic rings. The maximum Gasteiger partial charge on any atom is 0.0865 e. The Labute approximate surface area is 109 Å². The van der Waals surface area contributed by atoms with Gasteiger partial charge in [0.05, 0.1) is 5.54 Å². The fourth-order valence-electron chi connectivity index (χ4n) is 1.74. The first kappa shape index (κ1) is 12.0. The van der Waals surface area contributed by atoms with Gasteiger partial charge >= 0.3 is 0 Å². The summed E-state index contributed by atoms with van der Waals surface area (Å²) in [4.78, 5) is 4.10. The van der Waals surface area contributed by atoms with E-state index in [1.54, 1.807) is 18.5 Å². The molecule has 1 atom stereocenters. The minimum absolute atomic E-state index is 0.699. The maximum absolute atomic E-state index is 6.42. The van der Waals surface area contributed by atoms with Crippen LogP contribution in [0.3, 0.4) is 0 Å². The van der Waals surface area contributed by atoms with Crippen molar-refractivity contribution in [2.45, 2.75) is 5.54 Å². The first-order chi connectivity index (χ1) is 8.16. The molecule has 3 heteroatoms. The number of hydrogen-bond acceptors (Lipinski definition) is 2. The van der Waals surface area contributed by atoms with E-state index in [1.807, 2.05) is 36.4 Å². The van der Waals surface area contributed by atoms with Crippen molar-refractivity contribution in [2.75, 3.05) is 0 Å². The number of hydrogen-bond donors (Lipinski definition) is 1. The van der Waals surface area contributed by atoms with E-state index >= 15 is 0 Å². The highest BCUT2D eigenvalue weighted by atomic mass is 79.9. The topological polar surface area (TPSA) is 38.9 Å². The van der Waals surface area contributed by atoms with Crippen LogP contribution in [0.25, 0.3) is 0 Å². The molecule has 0 aliphatic carbocycles. The van der Waals surface area contributed by atoms with Gasteiger partial charge in [0, 0.05) is 16.9 Å². The Bertz CT molecular complexity index is 508. The third-order valence-electron chi connectivity index (χ3n) is 2.78. The monoisotopic (exact) mass is 288 g/mol. The van der Waals surface area contributed by atoms with Crippen molar-refractivity contribution in [2.24, 2.45) is 5.73 Å². The Morgan fingerprint density at radius 1 is 1.18 bits per heavy atom. The van der Waals surface area contributed by atoms with Crippen molar-refractivity contribution < 1.29 is 0 Å². The molecule has 17 heavy (non-hydrogen) atoms. The molecular formula is C14H13BrN2. The molecule has 1 aromatic heterocycles. The van der Waals surface area contributed by atoms with Crippen LogP contribution < -0.4 is 5.73 Å². The average Bonchev–Trinajstić information content (AvgIpc) is 2.40. The van der Waals surface area contributed by atoms with Crippen molar-refractivity contribution >= 4 is 15.9 Å². The van der Waals surface area contributed by atoms with Gasteiger partial charge in [-0.1, -0.05) is 40.2 Å². The minimum atomic E-state index is -0.699. The van der Waals surface area contributed by atoms with Crippen LogP contribution in [-0.2, 0) is 5.54 Å². The molecule has 0 bridgehead atoms. The SMILES string of the molecule is C=CC(N)(c1ccc(Br)cc1)c1cccnc1. The summed E-state index contributed by atoms with van der Waals surface area (Å²) in [5.74, 6) is 0. The normalized spacial score (nSPS) is 14.0. The van der Waals surface area contributed by atoms with Crippen LogP contribution in [0.4, 0.5) is 0 Å². The quantitative estimate of drug-likeness (QED) is 0.881. The molecule has 0 saturated carbocycles. The van der Waals surface area contributed by atoms with Crippen LogP contribution in [0.5, 0.6) is 0 Å². The summed E-state index contributed by atoms with van der Waals surface area (Å²) in [7, 11) is 0. The van der Waals surface area contributed by atoms with Gasteiger partial charge in [0.1, 0.15) is 0 Å². The molecule has 0 saturated heterocycles. The zero-order valence-corrected chi connectivity index (χ0v) is 10.9. The molecule has 0 aliphatic heterocycles. The summed E-state index contributed by atoms with van der Waals surface area (Å²) < 4.78 is 1.03. The fraction of sp³-hybridized carbons (Fsp3) is 0.0714. The van der Waals surface area contributed by atoms with E-state index in [9.17, 15) is 0 Å². The summed E-state index contributed by atoms with van der Waals surface area (Å²) in [6.45, 7) is 3.84. The Hall–Kier alpha value is -1.45. The lowest BCUT2D eigenvalue weighted by Gasteiger charge is -2.26. The predicted octanol–water partition coefficient (Wildman–Crippen LogP) is 3.23. The number of aromatic nitrogens is 1. The van der Waals surface area contributed by atoms with Crippen LogP contribution in [0.15, 0.2) is 65.9 Å². The summed E-state index contributed by atoms with van der Waals surface area (Å²) in [5.41, 5.74) is 7.63. The summed E-state index contributed by atoms with van der Waals surface area (Å²) in [6, 6.07) is 11.7. The summed E-state index contributed by atoms with van der Waals surface area (Å²) >= 11 is 3.41. The van der Waals surface area contributed by atoms with Gasteiger partial charge in [-0.05, 0) is 29.3 Å². The van der Waals surface area contributed by atoms with Gasteiger partial charge in [-0.3, -0.25) is 4.98 Å². The number of halogens is 1. The third-order valence-corrected chi connectivity index (χ3v) is 3.31. The molecular weight excluding hydrogens is 276 g/mol. The van der Waals surface area contributed by atoms with E-state index in [0.29, 0.717) is 0 Å². The molecule has 1 unspecified atom stereocenters. The Balaban J connectivity index is 2.51. The number of nitrogens with two attached hydrogens (primary N) is 1. The molecule has 2 N–H and O–H groups in total. The second kappa shape index (κ2) is 4.82. The minimum Gasteiger partial charge on any atom is -0.314 e. The van der Waals surface area contributed by atoms with Gasteiger partial charge in [0.25, 0.3) is 0 Å². The van der Waals surface area contributed by atoms with Crippen molar-refractivity contribution in [3.05, 3.63) is 77.0 Å². The van der Waals surface area contributed by atoms with Crippen LogP contribution in [0, 0.1) is 0 Å². The molecule has 2 rings (SSSR count). The van der Waals surface area contributed by atoms with Gasteiger partial charge in [-0.15, -0.1) is 6.58 Å². The van der Waals surface area contributed by atoms with E-state index in [1.165, 1.54) is 0 Å². The zero-order chi connectivity index (χ0) is 12.3. The Morgan fingerprint density at radius 3 is 2.41 bits per heavy atom. The van der Waals surface area contributed by atoms with Gasteiger partial charge in [-0.2, -0.15) is 0 Å². The number of benzene rings is 1. The van der Waals surface area contributed by atoms with Crippen LogP contribution in [-0.4, -0.2) is 4.98 Å². The smallest absolute Gasteiger partial charge is 0.0865 e. The van der Waals surface area contributed by atoms with Gasteiger partial charge in [-0.25, -0.2) is 0 Å². The van der Waals surface area contributed by atoms with E-state index in [2.05, 4.69) is 27.5 Å². The van der Waals surface area contributed by atoms with Gasteiger partial charge in [0.2, 0.25) is 0 Å². The Kier molecular flexibility index (Phi) is 3.41. The standard InChI is InChI=1S/C14H13BrN2/c1-2-14(16,12-4-3-9-17-10-12)11-5-7-13(15)8-6-11/h2-10H,1,16H2. The highest BCUT2D eigenvalue weighted by molar-refractivity contribution is 9.10. The lowest BCUT2D eigenvalue weighted by Crippen LogP contribution is -2.35. The third kappa shape index (κ3) is 2.30. The maximum atomic E-state index is 6.42. The number of nitrogens with zero attached hydrogens (tertiary/aromatic N) is 1. The lowest BCUT2D eigenvalue weighted by atomic mass is 9.85. The largest absolute Gasteiger partial charge is 0.314 e. The van der Waals surface area contributed by atoms with Gasteiger partial charge in [0.15, 0.2) is 0 Å². The van der Waals surface area contributed by atoms with Crippen molar-refractivity contribution in [1.82, 2.24) is 4.98 Å². The summed E-state index contributed by atoms with van der Waals surface area (Å²) in [6.07, 6.45) is 5.24. The molecule has 2 nitrogen and oxygen atoms in total. The van der Waals surface area contributed by atoms with Crippen molar-refractivity contribution in [1.29, 1.82) is 0 Å². The predicted molar refractivity (Wildman–Crippen MR) is 73.5 cm³/mol. The van der Waals surface area contributed by atoms with Crippen LogP contribution in [0.2, 0.25) is 0 Å². The second-order valence-corrected chi connectivity index (χ2v) is 4.74. The lowest BCUT2D eigenvalue weighted by molar-refractivity contribution is 0.679. The van der Waals surface area contributed by atoms with E-state index in [-0.39, 0.29) is 0 Å². The van der Waals surface area contributed by atoms with Gasteiger partial charge < -0.3 is 5.73 Å². The van der Waals surface area contributed by atoms with Crippen LogP contribution in [0.1, 0.15) is 11.1 Å². The first-order valence-corrected chi connectivity index (χ1v) is 6.05. The summed E-state index contributed by atoms with van der Waals surface area (Å²) in [5, 5.41) is 0. The molecule has 0 spiro atoms. The van der Waals surface area contributed by atoms with E-state index < -0.39 is 5.54 Å². The van der Waals surface area contributed by atoms with Crippen molar-refractivity contribution in [3.8, 4) is 0 Å². The molecule has 0 radical (unpaired) electrons. The average molecular weight is 289 g/mol. The van der Waals surface area contributed by atoms with Crippen molar-refractivity contribution in [3.63, 3.8) is 0 Å².